The number of aliphatic carboxylic acids is 3. The second kappa shape index (κ2) is 17.2. The highest BCUT2D eigenvalue weighted by atomic mass is 16.4. The maximum absolute atomic E-state index is 10.3. The van der Waals surface area contributed by atoms with E-state index in [0.29, 0.717) is 12.0 Å². The lowest BCUT2D eigenvalue weighted by atomic mass is 10.2. The molecule has 0 spiro atoms. The van der Waals surface area contributed by atoms with Crippen LogP contribution in [0.4, 0.5) is 0 Å². The zero-order valence-electron chi connectivity index (χ0n) is 14.9. The molecule has 0 aliphatic rings. The monoisotopic (exact) mass is 347 g/mol. The van der Waals surface area contributed by atoms with Crippen molar-refractivity contribution in [3.05, 3.63) is 23.3 Å². The number of carbonyl (C=O) groups is 3. The molecule has 4 N–H and O–H groups in total. The van der Waals surface area contributed by atoms with E-state index < -0.39 is 17.9 Å². The number of aliphatic hydroxyl groups is 1. The molecule has 24 heavy (non-hydrogen) atoms. The lowest BCUT2D eigenvalue weighted by Gasteiger charge is -2.05. The first-order valence-corrected chi connectivity index (χ1v) is 7.20. The zero-order valence-corrected chi connectivity index (χ0v) is 14.9. The van der Waals surface area contributed by atoms with Crippen molar-refractivity contribution in [2.75, 3.05) is 27.2 Å². The van der Waals surface area contributed by atoms with Gasteiger partial charge >= 0.3 is 11.9 Å². The molecule has 0 aromatic carbocycles. The second-order valence-corrected chi connectivity index (χ2v) is 5.01. The molecule has 0 unspecified atom stereocenters. The average molecular weight is 347 g/mol. The van der Waals surface area contributed by atoms with Gasteiger partial charge in [-0.3, -0.25) is 4.79 Å². The van der Waals surface area contributed by atoms with Gasteiger partial charge in [0, 0.05) is 31.2 Å². The number of rotatable bonds is 7. The molecule has 0 aromatic rings. The average Bonchev–Trinajstić information content (AvgIpc) is 2.43. The minimum Gasteiger partial charge on any atom is -0.481 e. The van der Waals surface area contributed by atoms with Crippen molar-refractivity contribution < 1.29 is 34.8 Å². The Balaban J connectivity index is -0.000000305. The van der Waals surface area contributed by atoms with Gasteiger partial charge in [0.2, 0.25) is 0 Å². The molecule has 140 valence electrons. The first kappa shape index (κ1) is 26.7. The molecule has 0 saturated heterocycles. The first-order chi connectivity index (χ1) is 10.9. The molecule has 0 rings (SSSR count). The van der Waals surface area contributed by atoms with Crippen LogP contribution in [-0.2, 0) is 14.4 Å². The van der Waals surface area contributed by atoms with E-state index in [4.69, 9.17) is 25.2 Å². The molecule has 0 heterocycles. The van der Waals surface area contributed by atoms with Crippen LogP contribution >= 0.6 is 0 Å². The minimum atomic E-state index is -0.927. The minimum absolute atomic E-state index is 0.00458. The Morgan fingerprint density at radius 3 is 1.42 bits per heavy atom. The molecule has 0 fully saturated rings. The van der Waals surface area contributed by atoms with Gasteiger partial charge in [-0.25, -0.2) is 9.59 Å². The lowest BCUT2D eigenvalue weighted by molar-refractivity contribution is -0.135. The van der Waals surface area contributed by atoms with E-state index in [1.165, 1.54) is 13.0 Å². The van der Waals surface area contributed by atoms with E-state index in [-0.39, 0.29) is 12.2 Å². The number of nitrogens with zero attached hydrogens (tertiary/aromatic N) is 1. The molecule has 0 aromatic heterocycles. The summed E-state index contributed by atoms with van der Waals surface area (Å²) in [4.78, 5) is 31.4. The third-order valence-electron chi connectivity index (χ3n) is 2.28. The molecular formula is C16H29NO7. The maximum Gasteiger partial charge on any atom is 0.330 e. The van der Waals surface area contributed by atoms with E-state index in [1.54, 1.807) is 13.0 Å². The predicted octanol–water partition coefficient (Wildman–Crippen LogP) is 1.46. The Bertz CT molecular complexity index is 436. The molecule has 8 heteroatoms. The molecule has 0 atom stereocenters. The van der Waals surface area contributed by atoms with Gasteiger partial charge in [0.15, 0.2) is 0 Å². The molecule has 0 radical (unpaired) electrons. The third kappa shape index (κ3) is 28.0. The Kier molecular flexibility index (Phi) is 19.1. The van der Waals surface area contributed by atoms with Gasteiger partial charge in [-0.15, -0.1) is 0 Å². The normalized spacial score (nSPS) is 11.0. The van der Waals surface area contributed by atoms with Gasteiger partial charge in [-0.1, -0.05) is 12.2 Å². The van der Waals surface area contributed by atoms with E-state index in [9.17, 15) is 9.59 Å². The van der Waals surface area contributed by atoms with Crippen molar-refractivity contribution in [1.82, 2.24) is 4.90 Å². The van der Waals surface area contributed by atoms with Crippen LogP contribution in [0.25, 0.3) is 0 Å². The standard InChI is InChI=1S/C8H15NO2.C6H10O3.C2H4O2/c1-7(8(10)11)5-4-6-9(2)3;1-5(6(8)9)3-2-4-7;1-2(3)4/h5H,4,6H2,1-3H3,(H,10,11);3,7H,2,4H2,1H3,(H,8,9);1H3,(H,3,4). The van der Waals surface area contributed by atoms with Crippen molar-refractivity contribution >= 4 is 17.9 Å². The summed E-state index contributed by atoms with van der Waals surface area (Å²) in [6, 6.07) is 0. The summed E-state index contributed by atoms with van der Waals surface area (Å²) < 4.78 is 0. The van der Waals surface area contributed by atoms with E-state index in [0.717, 1.165) is 19.9 Å². The summed E-state index contributed by atoms with van der Waals surface area (Å²) in [5, 5.41) is 32.4. The highest BCUT2D eigenvalue weighted by molar-refractivity contribution is 5.86. The van der Waals surface area contributed by atoms with Crippen LogP contribution in [0.1, 0.15) is 33.6 Å². The lowest BCUT2D eigenvalue weighted by Crippen LogP contribution is -2.12. The van der Waals surface area contributed by atoms with Crippen molar-refractivity contribution in [1.29, 1.82) is 0 Å². The van der Waals surface area contributed by atoms with Crippen LogP contribution in [-0.4, -0.2) is 70.5 Å². The van der Waals surface area contributed by atoms with Crippen LogP contribution in [0.15, 0.2) is 23.3 Å². The van der Waals surface area contributed by atoms with Crippen molar-refractivity contribution in [3.8, 4) is 0 Å². The van der Waals surface area contributed by atoms with Crippen LogP contribution in [0.2, 0.25) is 0 Å². The molecule has 0 aliphatic carbocycles. The number of carboxylic acid groups (broad SMARTS) is 3. The molecule has 8 nitrogen and oxygen atoms in total. The van der Waals surface area contributed by atoms with Gasteiger partial charge in [-0.2, -0.15) is 0 Å². The summed E-state index contributed by atoms with van der Waals surface area (Å²) in [6.45, 7) is 5.09. The molecular weight excluding hydrogens is 318 g/mol. The van der Waals surface area contributed by atoms with Gasteiger partial charge in [0.25, 0.3) is 5.97 Å². The molecule has 0 bridgehead atoms. The van der Waals surface area contributed by atoms with Gasteiger partial charge in [0.1, 0.15) is 0 Å². The fourth-order valence-corrected chi connectivity index (χ4v) is 0.995. The van der Waals surface area contributed by atoms with Gasteiger partial charge < -0.3 is 25.3 Å². The third-order valence-corrected chi connectivity index (χ3v) is 2.28. The zero-order chi connectivity index (χ0) is 19.7. The Morgan fingerprint density at radius 2 is 1.17 bits per heavy atom. The first-order valence-electron chi connectivity index (χ1n) is 7.20. The van der Waals surface area contributed by atoms with E-state index in [1.807, 2.05) is 19.0 Å². The fourth-order valence-electron chi connectivity index (χ4n) is 0.995. The van der Waals surface area contributed by atoms with Crippen LogP contribution in [0.3, 0.4) is 0 Å². The van der Waals surface area contributed by atoms with Crippen molar-refractivity contribution in [2.45, 2.75) is 33.6 Å². The topological polar surface area (TPSA) is 135 Å². The van der Waals surface area contributed by atoms with Crippen molar-refractivity contribution in [2.24, 2.45) is 0 Å². The summed E-state index contributed by atoms with van der Waals surface area (Å²) in [5.74, 6) is -2.59. The second-order valence-electron chi connectivity index (χ2n) is 5.01. The highest BCUT2D eigenvalue weighted by Gasteiger charge is 1.97. The van der Waals surface area contributed by atoms with Crippen LogP contribution in [0, 0.1) is 0 Å². The van der Waals surface area contributed by atoms with E-state index in [2.05, 4.69) is 0 Å². The number of hydrogen-bond acceptors (Lipinski definition) is 5. The Hall–Kier alpha value is -2.19. The SMILES string of the molecule is CC(=CCCN(C)C)C(=O)O.CC(=CCCO)C(=O)O.CC(=O)O. The summed E-state index contributed by atoms with van der Waals surface area (Å²) in [5.41, 5.74) is 0.705. The maximum atomic E-state index is 10.3. The highest BCUT2D eigenvalue weighted by Crippen LogP contribution is 1.95. The molecule has 0 saturated carbocycles. The predicted molar refractivity (Wildman–Crippen MR) is 91.0 cm³/mol. The summed E-state index contributed by atoms with van der Waals surface area (Å²) >= 11 is 0. The summed E-state index contributed by atoms with van der Waals surface area (Å²) in [7, 11) is 3.92. The van der Waals surface area contributed by atoms with Crippen LogP contribution in [0.5, 0.6) is 0 Å². The smallest absolute Gasteiger partial charge is 0.330 e. The largest absolute Gasteiger partial charge is 0.481 e. The fraction of sp³-hybridized carbons (Fsp3) is 0.562. The molecule has 0 amide bonds. The van der Waals surface area contributed by atoms with Gasteiger partial charge in [0.05, 0.1) is 0 Å². The number of aliphatic hydroxyl groups excluding tert-OH is 1. The van der Waals surface area contributed by atoms with Crippen molar-refractivity contribution in [3.63, 3.8) is 0 Å². The van der Waals surface area contributed by atoms with Gasteiger partial charge in [-0.05, 0) is 40.8 Å². The van der Waals surface area contributed by atoms with E-state index >= 15 is 0 Å². The van der Waals surface area contributed by atoms with Crippen LogP contribution < -0.4 is 0 Å². The Morgan fingerprint density at radius 1 is 0.833 bits per heavy atom. The number of carboxylic acids is 3. The quantitative estimate of drug-likeness (QED) is 0.508. The molecule has 0 aliphatic heterocycles. The summed E-state index contributed by atoms with van der Waals surface area (Å²) in [6.07, 6.45) is 4.44. The number of hydrogen-bond donors (Lipinski definition) is 4. The Labute approximate surface area is 142 Å².